The van der Waals surface area contributed by atoms with Gasteiger partial charge in [-0.05, 0) is 30.7 Å². The normalized spacial score (nSPS) is 31.9. The van der Waals surface area contributed by atoms with Crippen molar-refractivity contribution in [1.82, 2.24) is 15.3 Å². The van der Waals surface area contributed by atoms with Crippen molar-refractivity contribution in [2.75, 3.05) is 24.5 Å². The molecule has 1 aromatic rings. The average molecular weight is 232 g/mol. The zero-order valence-electron chi connectivity index (χ0n) is 10.6. The second-order valence-corrected chi connectivity index (χ2v) is 5.27. The Bertz CT molecular complexity index is 389. The first kappa shape index (κ1) is 11.0. The first-order valence-electron chi connectivity index (χ1n) is 6.55. The third-order valence-corrected chi connectivity index (χ3v) is 4.16. The Balaban J connectivity index is 1.85. The lowest BCUT2D eigenvalue weighted by molar-refractivity contribution is 0.440. The van der Waals surface area contributed by atoms with E-state index in [-0.39, 0.29) is 0 Å². The molecule has 3 heterocycles. The topological polar surface area (TPSA) is 41.0 Å². The Labute approximate surface area is 102 Å². The summed E-state index contributed by atoms with van der Waals surface area (Å²) in [6.45, 7) is 7.73. The van der Waals surface area contributed by atoms with Gasteiger partial charge in [0, 0.05) is 38.1 Å². The molecule has 0 aliphatic carbocycles. The number of fused-ring (bicyclic) bond motifs is 1. The van der Waals surface area contributed by atoms with Crippen LogP contribution in [0.2, 0.25) is 0 Å². The van der Waals surface area contributed by atoms with Crippen molar-refractivity contribution < 1.29 is 0 Å². The van der Waals surface area contributed by atoms with E-state index in [1.165, 1.54) is 6.42 Å². The Morgan fingerprint density at radius 1 is 1.35 bits per heavy atom. The van der Waals surface area contributed by atoms with E-state index in [1.54, 1.807) is 0 Å². The highest BCUT2D eigenvalue weighted by atomic mass is 15.3. The summed E-state index contributed by atoms with van der Waals surface area (Å²) < 4.78 is 0. The molecule has 1 N–H and O–H groups in total. The molecule has 2 aliphatic rings. The summed E-state index contributed by atoms with van der Waals surface area (Å²) in [6.07, 6.45) is 5.02. The van der Waals surface area contributed by atoms with Crippen LogP contribution in [0.25, 0.3) is 0 Å². The number of hydrogen-bond acceptors (Lipinski definition) is 4. The summed E-state index contributed by atoms with van der Waals surface area (Å²) in [5.74, 6) is 2.48. The van der Waals surface area contributed by atoms with Crippen molar-refractivity contribution in [2.45, 2.75) is 26.3 Å². The molecular formula is C13H20N4. The van der Waals surface area contributed by atoms with E-state index >= 15 is 0 Å². The Morgan fingerprint density at radius 3 is 2.82 bits per heavy atom. The van der Waals surface area contributed by atoms with Crippen LogP contribution in [-0.4, -0.2) is 35.6 Å². The second kappa shape index (κ2) is 4.26. The minimum absolute atomic E-state index is 0.609. The predicted molar refractivity (Wildman–Crippen MR) is 68.0 cm³/mol. The first-order chi connectivity index (χ1) is 8.29. The van der Waals surface area contributed by atoms with E-state index in [2.05, 4.69) is 27.1 Å². The highest BCUT2D eigenvalue weighted by Gasteiger charge is 2.43. The number of anilines is 1. The van der Waals surface area contributed by atoms with E-state index in [1.807, 2.05) is 19.3 Å². The summed E-state index contributed by atoms with van der Waals surface area (Å²) >= 11 is 0. The fourth-order valence-electron chi connectivity index (χ4n) is 3.31. The minimum Gasteiger partial charge on any atom is -0.337 e. The van der Waals surface area contributed by atoms with Crippen LogP contribution in [0.1, 0.15) is 18.9 Å². The molecule has 0 aromatic carbocycles. The molecule has 92 valence electrons. The van der Waals surface area contributed by atoms with Gasteiger partial charge in [-0.25, -0.2) is 9.97 Å². The van der Waals surface area contributed by atoms with Gasteiger partial charge in [-0.2, -0.15) is 0 Å². The summed E-state index contributed by atoms with van der Waals surface area (Å²) in [7, 11) is 0. The van der Waals surface area contributed by atoms with Crippen LogP contribution in [0.4, 0.5) is 5.95 Å². The summed E-state index contributed by atoms with van der Waals surface area (Å²) in [5.41, 5.74) is 1.13. The Morgan fingerprint density at radius 2 is 2.12 bits per heavy atom. The minimum atomic E-state index is 0.609. The highest BCUT2D eigenvalue weighted by Crippen LogP contribution is 2.35. The average Bonchev–Trinajstić information content (AvgIpc) is 2.89. The third-order valence-electron chi connectivity index (χ3n) is 4.16. The number of nitrogens with one attached hydrogen (secondary N) is 1. The van der Waals surface area contributed by atoms with Gasteiger partial charge in [-0.15, -0.1) is 0 Å². The van der Waals surface area contributed by atoms with Crippen molar-refractivity contribution in [3.63, 3.8) is 0 Å². The van der Waals surface area contributed by atoms with E-state index < -0.39 is 0 Å². The molecule has 3 unspecified atom stereocenters. The lowest BCUT2D eigenvalue weighted by atomic mass is 9.93. The van der Waals surface area contributed by atoms with Crippen LogP contribution in [0.5, 0.6) is 0 Å². The van der Waals surface area contributed by atoms with Crippen molar-refractivity contribution in [1.29, 1.82) is 0 Å². The number of hydrogen-bond donors (Lipinski definition) is 1. The lowest BCUT2D eigenvalue weighted by Gasteiger charge is -2.26. The second-order valence-electron chi connectivity index (χ2n) is 5.27. The largest absolute Gasteiger partial charge is 0.337 e. The quantitative estimate of drug-likeness (QED) is 0.832. The van der Waals surface area contributed by atoms with Crippen LogP contribution < -0.4 is 10.2 Å². The molecule has 4 heteroatoms. The van der Waals surface area contributed by atoms with Gasteiger partial charge < -0.3 is 10.2 Å². The molecule has 0 spiro atoms. The molecule has 2 aliphatic heterocycles. The SMILES string of the molecule is CCC1C2CNCC2CN1c1ncc(C)cn1. The molecule has 0 radical (unpaired) electrons. The maximum Gasteiger partial charge on any atom is 0.225 e. The van der Waals surface area contributed by atoms with Gasteiger partial charge in [0.25, 0.3) is 0 Å². The van der Waals surface area contributed by atoms with Crippen LogP contribution in [0.15, 0.2) is 12.4 Å². The number of aryl methyl sites for hydroxylation is 1. The number of rotatable bonds is 2. The number of nitrogens with zero attached hydrogens (tertiary/aromatic N) is 3. The van der Waals surface area contributed by atoms with Crippen LogP contribution in [0.3, 0.4) is 0 Å². The molecule has 2 fully saturated rings. The smallest absolute Gasteiger partial charge is 0.225 e. The molecule has 0 saturated carbocycles. The Hall–Kier alpha value is -1.16. The maximum absolute atomic E-state index is 4.48. The van der Waals surface area contributed by atoms with Gasteiger partial charge in [0.1, 0.15) is 0 Å². The van der Waals surface area contributed by atoms with Crippen molar-refractivity contribution in [3.8, 4) is 0 Å². The molecule has 3 rings (SSSR count). The molecule has 1 aromatic heterocycles. The molecular weight excluding hydrogens is 212 g/mol. The summed E-state index contributed by atoms with van der Waals surface area (Å²) in [6, 6.07) is 0.609. The molecule has 4 nitrogen and oxygen atoms in total. The fraction of sp³-hybridized carbons (Fsp3) is 0.692. The molecule has 2 saturated heterocycles. The Kier molecular flexibility index (Phi) is 2.74. The number of aromatic nitrogens is 2. The molecule has 0 bridgehead atoms. The maximum atomic E-state index is 4.48. The molecule has 3 atom stereocenters. The van der Waals surface area contributed by atoms with E-state index in [9.17, 15) is 0 Å². The van der Waals surface area contributed by atoms with E-state index in [4.69, 9.17) is 0 Å². The molecule has 0 amide bonds. The van der Waals surface area contributed by atoms with Gasteiger partial charge in [-0.1, -0.05) is 6.92 Å². The zero-order valence-corrected chi connectivity index (χ0v) is 10.6. The van der Waals surface area contributed by atoms with E-state index in [0.29, 0.717) is 6.04 Å². The molecule has 17 heavy (non-hydrogen) atoms. The van der Waals surface area contributed by atoms with Crippen molar-refractivity contribution >= 4 is 5.95 Å². The van der Waals surface area contributed by atoms with Crippen molar-refractivity contribution in [2.24, 2.45) is 11.8 Å². The fourth-order valence-corrected chi connectivity index (χ4v) is 3.31. The summed E-state index contributed by atoms with van der Waals surface area (Å²) in [5, 5.41) is 3.50. The van der Waals surface area contributed by atoms with Gasteiger partial charge >= 0.3 is 0 Å². The van der Waals surface area contributed by atoms with Crippen LogP contribution in [-0.2, 0) is 0 Å². The summed E-state index contributed by atoms with van der Waals surface area (Å²) in [4.78, 5) is 11.4. The highest BCUT2D eigenvalue weighted by molar-refractivity contribution is 5.35. The monoisotopic (exact) mass is 232 g/mol. The predicted octanol–water partition coefficient (Wildman–Crippen LogP) is 1.22. The van der Waals surface area contributed by atoms with E-state index in [0.717, 1.165) is 43.0 Å². The zero-order chi connectivity index (χ0) is 11.8. The third kappa shape index (κ3) is 1.80. The van der Waals surface area contributed by atoms with Gasteiger partial charge in [0.05, 0.1) is 0 Å². The van der Waals surface area contributed by atoms with Crippen LogP contribution in [0, 0.1) is 18.8 Å². The lowest BCUT2D eigenvalue weighted by Crippen LogP contribution is -2.36. The van der Waals surface area contributed by atoms with Gasteiger partial charge in [-0.3, -0.25) is 0 Å². The van der Waals surface area contributed by atoms with Gasteiger partial charge in [0.2, 0.25) is 5.95 Å². The standard InChI is InChI=1S/C13H20N4/c1-3-12-11-7-14-6-10(11)8-17(12)13-15-4-9(2)5-16-13/h4-5,10-12,14H,3,6-8H2,1-2H3. The first-order valence-corrected chi connectivity index (χ1v) is 6.55. The van der Waals surface area contributed by atoms with Crippen molar-refractivity contribution in [3.05, 3.63) is 18.0 Å². The van der Waals surface area contributed by atoms with Crippen LogP contribution >= 0.6 is 0 Å². The van der Waals surface area contributed by atoms with Gasteiger partial charge in [0.15, 0.2) is 0 Å².